The number of aliphatic hydroxyl groups excluding tert-OH is 1. The number of nitrogens with zero attached hydrogens (tertiary/aromatic N) is 6. The number of nitriles is 1. The highest BCUT2D eigenvalue weighted by Gasteiger charge is 2.53. The first-order chi connectivity index (χ1) is 20.3. The number of ether oxygens (including phenoxy) is 1. The fraction of sp³-hybridized carbons (Fsp3) is 0.258. The number of fused-ring (bicyclic) bond motifs is 2. The number of methoxy groups -OCH3 is 1. The number of piperazine rings is 1. The van der Waals surface area contributed by atoms with E-state index in [9.17, 15) is 19.6 Å². The number of benzene rings is 2. The van der Waals surface area contributed by atoms with Gasteiger partial charge in [-0.05, 0) is 43.3 Å². The second-order valence-electron chi connectivity index (χ2n) is 10.7. The van der Waals surface area contributed by atoms with Gasteiger partial charge in [-0.15, -0.1) is 0 Å². The minimum Gasteiger partial charge on any atom is -0.496 e. The van der Waals surface area contributed by atoms with E-state index in [1.165, 1.54) is 25.4 Å². The topological polar surface area (TPSA) is 141 Å². The number of aliphatic hydroxyl groups is 1. The van der Waals surface area contributed by atoms with Crippen molar-refractivity contribution in [1.29, 1.82) is 5.26 Å². The van der Waals surface area contributed by atoms with E-state index in [-0.39, 0.29) is 35.5 Å². The number of halogens is 1. The Bertz CT molecular complexity index is 1760. The molecule has 0 aliphatic carbocycles. The van der Waals surface area contributed by atoms with Crippen molar-refractivity contribution in [3.05, 3.63) is 78.1 Å². The van der Waals surface area contributed by atoms with Crippen LogP contribution in [0.3, 0.4) is 0 Å². The van der Waals surface area contributed by atoms with Gasteiger partial charge in [0, 0.05) is 60.1 Å². The lowest BCUT2D eigenvalue weighted by molar-refractivity contribution is 0.0899. The summed E-state index contributed by atoms with van der Waals surface area (Å²) >= 11 is 0. The second kappa shape index (κ2) is 10.5. The summed E-state index contributed by atoms with van der Waals surface area (Å²) in [6.45, 7) is 1.30. The highest BCUT2D eigenvalue weighted by molar-refractivity contribution is 6.00. The lowest BCUT2D eigenvalue weighted by Gasteiger charge is -2.40. The number of amides is 1. The van der Waals surface area contributed by atoms with Crippen molar-refractivity contribution in [1.82, 2.24) is 19.9 Å². The summed E-state index contributed by atoms with van der Waals surface area (Å²) in [5.41, 5.74) is 9.09. The monoisotopic (exact) mass is 565 g/mol. The van der Waals surface area contributed by atoms with Gasteiger partial charge < -0.3 is 20.5 Å². The normalized spacial score (nSPS) is 19.6. The highest BCUT2D eigenvalue weighted by atomic mass is 19.1. The first-order valence-corrected chi connectivity index (χ1v) is 13.4. The molecule has 3 N–H and O–H groups in total. The van der Waals surface area contributed by atoms with Gasteiger partial charge in [0.2, 0.25) is 0 Å². The van der Waals surface area contributed by atoms with E-state index in [0.717, 1.165) is 24.2 Å². The Morgan fingerprint density at radius 1 is 1.24 bits per heavy atom. The van der Waals surface area contributed by atoms with Gasteiger partial charge in [-0.3, -0.25) is 14.7 Å². The van der Waals surface area contributed by atoms with E-state index in [2.05, 4.69) is 30.8 Å². The van der Waals surface area contributed by atoms with Crippen LogP contribution in [0.15, 0.2) is 61.1 Å². The smallest absolute Gasteiger partial charge is 0.268 e. The maximum atomic E-state index is 14.9. The lowest BCUT2D eigenvalue weighted by Crippen LogP contribution is -2.54. The number of carbonyl (C=O) groups excluding carboxylic acids is 1. The lowest BCUT2D eigenvalue weighted by atomic mass is 9.95. The minimum absolute atomic E-state index is 0.00151. The van der Waals surface area contributed by atoms with Crippen LogP contribution in [0.4, 0.5) is 10.1 Å². The number of nitrogens with two attached hydrogens (primary N) is 1. The van der Waals surface area contributed by atoms with Crippen LogP contribution in [0.25, 0.3) is 33.6 Å². The molecule has 42 heavy (non-hydrogen) atoms. The van der Waals surface area contributed by atoms with Crippen LogP contribution >= 0.6 is 0 Å². The molecule has 0 spiro atoms. The van der Waals surface area contributed by atoms with Gasteiger partial charge >= 0.3 is 0 Å². The summed E-state index contributed by atoms with van der Waals surface area (Å²) in [4.78, 5) is 30.3. The van der Waals surface area contributed by atoms with Gasteiger partial charge in [-0.1, -0.05) is 18.2 Å². The Kier molecular flexibility index (Phi) is 6.80. The number of rotatable bonds is 7. The average molecular weight is 566 g/mol. The molecule has 2 aromatic carbocycles. The molecule has 2 aliphatic heterocycles. The van der Waals surface area contributed by atoms with Crippen LogP contribution < -0.4 is 15.4 Å². The molecule has 0 unspecified atom stereocenters. The average Bonchev–Trinajstić information content (AvgIpc) is 3.55. The minimum atomic E-state index is -0.799. The predicted molar refractivity (Wildman–Crippen MR) is 154 cm³/mol. The van der Waals surface area contributed by atoms with Crippen LogP contribution in [0.5, 0.6) is 5.75 Å². The number of likely N-dealkylation sites (tertiary alicyclic amines) is 1. The number of likely N-dealkylation sites (N-methyl/N-ethyl adjacent to an activating group) is 1. The quantitative estimate of drug-likeness (QED) is 0.345. The maximum Gasteiger partial charge on any atom is 0.268 e. The van der Waals surface area contributed by atoms with Crippen LogP contribution in [0.2, 0.25) is 0 Å². The van der Waals surface area contributed by atoms with E-state index >= 15 is 0 Å². The van der Waals surface area contributed by atoms with Gasteiger partial charge in [-0.2, -0.15) is 5.26 Å². The standard InChI is InChI=1S/C31H28FN7O3/c1-38-15-20-11-31(38,17-40)16-39(20)25-10-18(22-13-35-9-8-19(22)12-33)6-7-21(25)23-14-36-30(37-28(23)29(34)41)27-24(32)4-3-5-26(27)42-2/h3-10,13-14,20,40H,11,15-17H2,1-2H3,(H2,34,41)/t20-,31-/m0/s1. The zero-order chi connectivity index (χ0) is 29.6. The molecule has 4 aromatic rings. The van der Waals surface area contributed by atoms with Crippen molar-refractivity contribution in [3.8, 4) is 45.5 Å². The summed E-state index contributed by atoms with van der Waals surface area (Å²) in [5.74, 6) is -1.21. The molecule has 4 heterocycles. The Morgan fingerprint density at radius 2 is 2.07 bits per heavy atom. The Balaban J connectivity index is 1.54. The summed E-state index contributed by atoms with van der Waals surface area (Å²) in [6.07, 6.45) is 5.45. The van der Waals surface area contributed by atoms with Crippen molar-refractivity contribution in [2.45, 2.75) is 18.0 Å². The van der Waals surface area contributed by atoms with Crippen LogP contribution in [-0.4, -0.2) is 76.3 Å². The number of carbonyl (C=O) groups is 1. The molecule has 2 saturated heterocycles. The fourth-order valence-electron chi connectivity index (χ4n) is 6.19. The third-order valence-electron chi connectivity index (χ3n) is 8.40. The third kappa shape index (κ3) is 4.32. The number of hydrogen-bond donors (Lipinski definition) is 2. The fourth-order valence-corrected chi connectivity index (χ4v) is 6.19. The Morgan fingerprint density at radius 3 is 2.79 bits per heavy atom. The zero-order valence-corrected chi connectivity index (χ0v) is 23.1. The van der Waals surface area contributed by atoms with Crippen LogP contribution in [0.1, 0.15) is 22.5 Å². The van der Waals surface area contributed by atoms with Gasteiger partial charge in [-0.25, -0.2) is 14.4 Å². The molecular weight excluding hydrogens is 537 g/mol. The van der Waals surface area contributed by atoms with E-state index in [0.29, 0.717) is 28.8 Å². The van der Waals surface area contributed by atoms with Crippen molar-refractivity contribution in [3.63, 3.8) is 0 Å². The molecule has 2 atom stereocenters. The van der Waals surface area contributed by atoms with Crippen molar-refractivity contribution in [2.24, 2.45) is 5.73 Å². The van der Waals surface area contributed by atoms with E-state index in [1.54, 1.807) is 24.5 Å². The molecule has 0 saturated carbocycles. The molecule has 212 valence electrons. The molecule has 2 fully saturated rings. The summed E-state index contributed by atoms with van der Waals surface area (Å²) in [5, 5.41) is 20.1. The number of primary amides is 1. The molecule has 10 nitrogen and oxygen atoms in total. The molecule has 2 aromatic heterocycles. The summed E-state index contributed by atoms with van der Waals surface area (Å²) < 4.78 is 20.2. The van der Waals surface area contributed by atoms with Crippen molar-refractivity contribution >= 4 is 11.6 Å². The van der Waals surface area contributed by atoms with Gasteiger partial charge in [0.1, 0.15) is 17.3 Å². The second-order valence-corrected chi connectivity index (χ2v) is 10.7. The van der Waals surface area contributed by atoms with Gasteiger partial charge in [0.15, 0.2) is 5.82 Å². The van der Waals surface area contributed by atoms with E-state index in [1.807, 2.05) is 25.2 Å². The first kappa shape index (κ1) is 27.3. The number of pyridine rings is 1. The van der Waals surface area contributed by atoms with Gasteiger partial charge in [0.25, 0.3) is 5.91 Å². The SMILES string of the molecule is COc1cccc(F)c1-c1ncc(-c2ccc(-c3cnccc3C#N)cc2N2C[C@]3(CO)C[C@H]2CN3C)c(C(N)=O)n1. The molecular formula is C31H28FN7O3. The number of anilines is 1. The van der Waals surface area contributed by atoms with Crippen molar-refractivity contribution < 1.29 is 19.0 Å². The zero-order valence-electron chi connectivity index (χ0n) is 23.1. The van der Waals surface area contributed by atoms with E-state index < -0.39 is 17.3 Å². The molecule has 1 amide bonds. The third-order valence-corrected chi connectivity index (χ3v) is 8.40. The molecule has 2 aliphatic rings. The molecule has 6 rings (SSSR count). The molecule has 2 bridgehead atoms. The highest BCUT2D eigenvalue weighted by Crippen LogP contribution is 2.46. The molecule has 11 heteroatoms. The summed E-state index contributed by atoms with van der Waals surface area (Å²) in [7, 11) is 3.42. The van der Waals surface area contributed by atoms with E-state index in [4.69, 9.17) is 10.5 Å². The van der Waals surface area contributed by atoms with Gasteiger partial charge in [0.05, 0.1) is 36.5 Å². The molecule has 0 radical (unpaired) electrons. The van der Waals surface area contributed by atoms with Crippen LogP contribution in [0, 0.1) is 17.1 Å². The van der Waals surface area contributed by atoms with Crippen LogP contribution in [-0.2, 0) is 0 Å². The number of hydrogen-bond acceptors (Lipinski definition) is 9. The largest absolute Gasteiger partial charge is 0.496 e. The number of aromatic nitrogens is 3. The predicted octanol–water partition coefficient (Wildman–Crippen LogP) is 3.25. The van der Waals surface area contributed by atoms with Crippen molar-refractivity contribution in [2.75, 3.05) is 38.8 Å². The Hall–Kier alpha value is -4.92. The first-order valence-electron chi connectivity index (χ1n) is 13.4. The summed E-state index contributed by atoms with van der Waals surface area (Å²) in [6, 6.07) is 14.0. The maximum absolute atomic E-state index is 14.9. The Labute approximate surface area is 241 Å².